The van der Waals surface area contributed by atoms with Gasteiger partial charge in [-0.25, -0.2) is 0 Å². The van der Waals surface area contributed by atoms with E-state index in [2.05, 4.69) is 49.4 Å². The van der Waals surface area contributed by atoms with E-state index < -0.39 is 0 Å². The van der Waals surface area contributed by atoms with Gasteiger partial charge in [0.25, 0.3) is 0 Å². The average Bonchev–Trinajstić information content (AvgIpc) is 2.55. The second-order valence-electron chi connectivity index (χ2n) is 4.04. The van der Waals surface area contributed by atoms with Crippen LogP contribution < -0.4 is 0 Å². The Kier molecular flexibility index (Phi) is 1.86. The molecule has 0 saturated heterocycles. The van der Waals surface area contributed by atoms with Gasteiger partial charge in [0.2, 0.25) is 0 Å². The molecule has 74 valence electrons. The van der Waals surface area contributed by atoms with E-state index in [0.29, 0.717) is 0 Å². The highest BCUT2D eigenvalue weighted by atomic mass is 35.5. The summed E-state index contributed by atoms with van der Waals surface area (Å²) in [4.78, 5) is 0. The van der Waals surface area contributed by atoms with Gasteiger partial charge in [-0.3, -0.25) is 0 Å². The van der Waals surface area contributed by atoms with E-state index in [4.69, 9.17) is 11.6 Å². The first-order valence-electron chi connectivity index (χ1n) is 5.11. The molecular formula is C14H11Cl. The van der Waals surface area contributed by atoms with Crippen molar-refractivity contribution >= 4 is 28.4 Å². The van der Waals surface area contributed by atoms with Gasteiger partial charge in [-0.2, -0.15) is 0 Å². The fraction of sp³-hybridized carbons (Fsp3) is 0.143. The smallest absolute Gasteiger partial charge is 0.0807 e. The Bertz CT molecular complexity index is 567. The summed E-state index contributed by atoms with van der Waals surface area (Å²) in [6.45, 7) is 2.09. The summed E-state index contributed by atoms with van der Waals surface area (Å²) < 4.78 is 0. The Morgan fingerprint density at radius 3 is 2.73 bits per heavy atom. The summed E-state index contributed by atoms with van der Waals surface area (Å²) in [5.41, 5.74) is 3.78. The first-order valence-corrected chi connectivity index (χ1v) is 5.55. The van der Waals surface area contributed by atoms with Crippen molar-refractivity contribution in [3.8, 4) is 0 Å². The minimum absolute atomic E-state index is 0.0473. The molecule has 1 atom stereocenters. The third-order valence-electron chi connectivity index (χ3n) is 3.04. The molecule has 0 aliphatic heterocycles. The van der Waals surface area contributed by atoms with Crippen LogP contribution in [-0.2, 0) is 0 Å². The lowest BCUT2D eigenvalue weighted by Gasteiger charge is -2.09. The van der Waals surface area contributed by atoms with Crippen molar-refractivity contribution in [3.05, 3.63) is 53.1 Å². The van der Waals surface area contributed by atoms with Gasteiger partial charge in [0.15, 0.2) is 0 Å². The summed E-state index contributed by atoms with van der Waals surface area (Å²) in [5, 5.41) is 2.60. The molecule has 0 aromatic heterocycles. The molecule has 0 N–H and O–H groups in total. The second kappa shape index (κ2) is 3.11. The van der Waals surface area contributed by atoms with Gasteiger partial charge >= 0.3 is 0 Å². The number of fused-ring (bicyclic) bond motifs is 3. The molecule has 0 nitrogen and oxygen atoms in total. The maximum Gasteiger partial charge on any atom is 0.0807 e. The molecule has 15 heavy (non-hydrogen) atoms. The van der Waals surface area contributed by atoms with E-state index in [1.807, 2.05) is 0 Å². The number of hydrogen-bond acceptors (Lipinski definition) is 0. The Morgan fingerprint density at radius 1 is 1.07 bits per heavy atom. The fourth-order valence-electron chi connectivity index (χ4n) is 2.27. The van der Waals surface area contributed by atoms with Crippen LogP contribution in [0, 0.1) is 0 Å². The lowest BCUT2D eigenvalue weighted by atomic mass is 10.00. The average molecular weight is 215 g/mol. The number of allylic oxidation sites excluding steroid dienone is 1. The molecule has 3 rings (SSSR count). The highest BCUT2D eigenvalue weighted by molar-refractivity contribution is 6.25. The first-order chi connectivity index (χ1) is 7.27. The van der Waals surface area contributed by atoms with Crippen LogP contribution in [-0.4, -0.2) is 0 Å². The largest absolute Gasteiger partial charge is 0.113 e. The van der Waals surface area contributed by atoms with E-state index >= 15 is 0 Å². The first kappa shape index (κ1) is 8.99. The highest BCUT2D eigenvalue weighted by Gasteiger charge is 2.21. The van der Waals surface area contributed by atoms with Gasteiger partial charge in [0.1, 0.15) is 0 Å². The maximum atomic E-state index is 6.40. The van der Waals surface area contributed by atoms with Crippen LogP contribution in [0.3, 0.4) is 0 Å². The van der Waals surface area contributed by atoms with Crippen molar-refractivity contribution in [1.29, 1.82) is 0 Å². The normalized spacial score (nSPS) is 19.1. The molecule has 1 aliphatic carbocycles. The lowest BCUT2D eigenvalue weighted by molar-refractivity contribution is 1.16. The number of alkyl halides is 1. The summed E-state index contributed by atoms with van der Waals surface area (Å²) >= 11 is 6.40. The Balaban J connectivity index is 2.40. The van der Waals surface area contributed by atoms with Gasteiger partial charge in [0, 0.05) is 0 Å². The Hall–Kier alpha value is -1.27. The van der Waals surface area contributed by atoms with Crippen LogP contribution in [0.5, 0.6) is 0 Å². The van der Waals surface area contributed by atoms with Crippen LogP contribution >= 0.6 is 11.6 Å². The van der Waals surface area contributed by atoms with Crippen LogP contribution in [0.1, 0.15) is 23.4 Å². The molecule has 0 amide bonds. The zero-order chi connectivity index (χ0) is 10.4. The van der Waals surface area contributed by atoms with Crippen LogP contribution in [0.2, 0.25) is 0 Å². The zero-order valence-electron chi connectivity index (χ0n) is 8.50. The predicted octanol–water partition coefficient (Wildman–Crippen LogP) is 4.54. The van der Waals surface area contributed by atoms with E-state index in [-0.39, 0.29) is 5.38 Å². The number of rotatable bonds is 0. The highest BCUT2D eigenvalue weighted by Crippen LogP contribution is 2.42. The molecule has 1 heteroatoms. The molecule has 0 saturated carbocycles. The standard InChI is InChI=1S/C14H11Cl/c1-9-8-11-7-6-10-4-2-3-5-12(10)13(11)14(9)15/h2-8,14H,1H3. The SMILES string of the molecule is CC1=Cc2ccc3ccccc3c2C1Cl. The van der Waals surface area contributed by atoms with Crippen molar-refractivity contribution in [3.63, 3.8) is 0 Å². The second-order valence-corrected chi connectivity index (χ2v) is 4.48. The Morgan fingerprint density at radius 2 is 1.87 bits per heavy atom. The molecule has 0 spiro atoms. The summed E-state index contributed by atoms with van der Waals surface area (Å²) in [7, 11) is 0. The topological polar surface area (TPSA) is 0 Å². The van der Waals surface area contributed by atoms with Crippen LogP contribution in [0.15, 0.2) is 42.0 Å². The van der Waals surface area contributed by atoms with E-state index in [0.717, 1.165) is 0 Å². The minimum Gasteiger partial charge on any atom is -0.113 e. The molecule has 0 heterocycles. The number of hydrogen-bond donors (Lipinski definition) is 0. The Labute approximate surface area is 94.2 Å². The molecule has 1 unspecified atom stereocenters. The summed E-state index contributed by atoms with van der Waals surface area (Å²) in [6, 6.07) is 12.7. The lowest BCUT2D eigenvalue weighted by Crippen LogP contribution is -1.89. The van der Waals surface area contributed by atoms with Gasteiger partial charge < -0.3 is 0 Å². The fourth-order valence-corrected chi connectivity index (χ4v) is 2.57. The zero-order valence-corrected chi connectivity index (χ0v) is 9.25. The van der Waals surface area contributed by atoms with Gasteiger partial charge in [0.05, 0.1) is 5.38 Å². The van der Waals surface area contributed by atoms with Crippen molar-refractivity contribution in [2.75, 3.05) is 0 Å². The van der Waals surface area contributed by atoms with E-state index in [9.17, 15) is 0 Å². The maximum absolute atomic E-state index is 6.40. The molecule has 2 aromatic rings. The minimum atomic E-state index is 0.0473. The molecular weight excluding hydrogens is 204 g/mol. The molecule has 0 bridgehead atoms. The molecule has 0 radical (unpaired) electrons. The molecule has 1 aliphatic rings. The number of halogens is 1. The van der Waals surface area contributed by atoms with E-state index in [1.165, 1.54) is 27.5 Å². The molecule has 0 fully saturated rings. The third kappa shape index (κ3) is 1.22. The van der Waals surface area contributed by atoms with Gasteiger partial charge in [-0.1, -0.05) is 48.0 Å². The van der Waals surface area contributed by atoms with Crippen LogP contribution in [0.25, 0.3) is 16.8 Å². The quantitative estimate of drug-likeness (QED) is 0.565. The van der Waals surface area contributed by atoms with Crippen molar-refractivity contribution < 1.29 is 0 Å². The summed E-state index contributed by atoms with van der Waals surface area (Å²) in [6.07, 6.45) is 2.18. The summed E-state index contributed by atoms with van der Waals surface area (Å²) in [5.74, 6) is 0. The predicted molar refractivity (Wildman–Crippen MR) is 66.2 cm³/mol. The van der Waals surface area contributed by atoms with Crippen molar-refractivity contribution in [1.82, 2.24) is 0 Å². The van der Waals surface area contributed by atoms with Crippen LogP contribution in [0.4, 0.5) is 0 Å². The molecule has 2 aromatic carbocycles. The van der Waals surface area contributed by atoms with Gasteiger partial charge in [-0.05, 0) is 28.8 Å². The van der Waals surface area contributed by atoms with Crippen molar-refractivity contribution in [2.24, 2.45) is 0 Å². The number of benzene rings is 2. The van der Waals surface area contributed by atoms with Crippen molar-refractivity contribution in [2.45, 2.75) is 12.3 Å². The monoisotopic (exact) mass is 214 g/mol. The third-order valence-corrected chi connectivity index (χ3v) is 3.60. The van der Waals surface area contributed by atoms with Gasteiger partial charge in [-0.15, -0.1) is 11.6 Å². The van der Waals surface area contributed by atoms with E-state index in [1.54, 1.807) is 0 Å².